The molecular formula is C18H32N2O3. The molecule has 3 saturated heterocycles. The fourth-order valence-electron chi connectivity index (χ4n) is 4.39. The summed E-state index contributed by atoms with van der Waals surface area (Å²) in [5.74, 6) is 1.12. The van der Waals surface area contributed by atoms with Crippen molar-refractivity contribution >= 4 is 5.91 Å². The highest BCUT2D eigenvalue weighted by Crippen LogP contribution is 2.28. The van der Waals surface area contributed by atoms with Gasteiger partial charge in [-0.3, -0.25) is 4.79 Å². The van der Waals surface area contributed by atoms with Gasteiger partial charge in [0.25, 0.3) is 0 Å². The number of ether oxygens (including phenoxy) is 1. The van der Waals surface area contributed by atoms with Crippen LogP contribution in [0.5, 0.6) is 0 Å². The lowest BCUT2D eigenvalue weighted by Crippen LogP contribution is -2.38. The predicted octanol–water partition coefficient (Wildman–Crippen LogP) is 1.36. The quantitative estimate of drug-likeness (QED) is 0.848. The minimum atomic E-state index is 0.139. The van der Waals surface area contributed by atoms with Gasteiger partial charge in [0.15, 0.2) is 0 Å². The molecule has 0 radical (unpaired) electrons. The Morgan fingerprint density at radius 2 is 1.65 bits per heavy atom. The van der Waals surface area contributed by atoms with Crippen LogP contribution in [-0.2, 0) is 9.53 Å². The zero-order chi connectivity index (χ0) is 16.1. The van der Waals surface area contributed by atoms with Crippen molar-refractivity contribution in [3.63, 3.8) is 0 Å². The Morgan fingerprint density at radius 1 is 1.00 bits per heavy atom. The first-order valence-corrected chi connectivity index (χ1v) is 9.47. The molecule has 5 heteroatoms. The van der Waals surface area contributed by atoms with Crippen LogP contribution in [0.3, 0.4) is 0 Å². The molecule has 0 saturated carbocycles. The number of carbonyl (C=O) groups excluding carboxylic acids is 1. The van der Waals surface area contributed by atoms with E-state index >= 15 is 0 Å². The summed E-state index contributed by atoms with van der Waals surface area (Å²) in [6, 6.07) is 0. The number of nitrogens with zero attached hydrogens (tertiary/aromatic N) is 2. The maximum absolute atomic E-state index is 12.7. The smallest absolute Gasteiger partial charge is 0.225 e. The van der Waals surface area contributed by atoms with Crippen molar-refractivity contribution in [2.45, 2.75) is 38.5 Å². The van der Waals surface area contributed by atoms with Crippen LogP contribution < -0.4 is 0 Å². The topological polar surface area (TPSA) is 53.0 Å². The fraction of sp³-hybridized carbons (Fsp3) is 0.944. The van der Waals surface area contributed by atoms with Gasteiger partial charge in [0.1, 0.15) is 0 Å². The lowest BCUT2D eigenvalue weighted by atomic mass is 9.96. The van der Waals surface area contributed by atoms with Crippen LogP contribution in [0.4, 0.5) is 0 Å². The summed E-state index contributed by atoms with van der Waals surface area (Å²) in [5.41, 5.74) is 0. The van der Waals surface area contributed by atoms with E-state index in [-0.39, 0.29) is 18.4 Å². The number of aliphatic hydroxyl groups excluding tert-OH is 1. The van der Waals surface area contributed by atoms with Crippen LogP contribution in [0.2, 0.25) is 0 Å². The first kappa shape index (κ1) is 17.2. The minimum absolute atomic E-state index is 0.139. The monoisotopic (exact) mass is 324 g/mol. The third-order valence-electron chi connectivity index (χ3n) is 5.88. The van der Waals surface area contributed by atoms with E-state index < -0.39 is 0 Å². The number of hydrogen-bond acceptors (Lipinski definition) is 4. The number of hydrogen-bond donors (Lipinski definition) is 1. The highest BCUT2D eigenvalue weighted by Gasteiger charge is 2.38. The number of likely N-dealkylation sites (tertiary alicyclic amines) is 2. The molecule has 5 nitrogen and oxygen atoms in total. The zero-order valence-corrected chi connectivity index (χ0v) is 14.3. The Kier molecular flexibility index (Phi) is 6.31. The van der Waals surface area contributed by atoms with E-state index in [9.17, 15) is 9.90 Å². The van der Waals surface area contributed by atoms with Gasteiger partial charge in [-0.15, -0.1) is 0 Å². The van der Waals surface area contributed by atoms with Crippen LogP contribution in [0.15, 0.2) is 0 Å². The van der Waals surface area contributed by atoms with Gasteiger partial charge in [-0.2, -0.15) is 0 Å². The Labute approximate surface area is 140 Å². The molecule has 3 heterocycles. The van der Waals surface area contributed by atoms with Gasteiger partial charge in [0, 0.05) is 51.3 Å². The third-order valence-corrected chi connectivity index (χ3v) is 5.88. The van der Waals surface area contributed by atoms with Gasteiger partial charge in [-0.05, 0) is 44.7 Å². The summed E-state index contributed by atoms with van der Waals surface area (Å²) in [5, 5.41) is 9.75. The molecule has 0 aliphatic carbocycles. The Bertz CT molecular complexity index is 376. The van der Waals surface area contributed by atoms with E-state index in [4.69, 9.17) is 4.74 Å². The van der Waals surface area contributed by atoms with Crippen LogP contribution in [0.25, 0.3) is 0 Å². The van der Waals surface area contributed by atoms with Crippen molar-refractivity contribution in [3.8, 4) is 0 Å². The summed E-state index contributed by atoms with van der Waals surface area (Å²) >= 11 is 0. The molecule has 1 N–H and O–H groups in total. The van der Waals surface area contributed by atoms with Gasteiger partial charge >= 0.3 is 0 Å². The largest absolute Gasteiger partial charge is 0.396 e. The van der Waals surface area contributed by atoms with E-state index in [2.05, 4.69) is 4.90 Å². The van der Waals surface area contributed by atoms with Gasteiger partial charge in [0.05, 0.1) is 0 Å². The Hall–Kier alpha value is -0.650. The number of amides is 1. The van der Waals surface area contributed by atoms with Crippen molar-refractivity contribution in [2.75, 3.05) is 52.5 Å². The Morgan fingerprint density at radius 3 is 2.30 bits per heavy atom. The molecule has 3 aliphatic rings. The molecular weight excluding hydrogens is 292 g/mol. The summed E-state index contributed by atoms with van der Waals surface area (Å²) in [7, 11) is 0. The van der Waals surface area contributed by atoms with Gasteiger partial charge in [0.2, 0.25) is 5.91 Å². The highest BCUT2D eigenvalue weighted by molar-refractivity contribution is 5.79. The maximum Gasteiger partial charge on any atom is 0.225 e. The molecule has 0 aromatic heterocycles. The van der Waals surface area contributed by atoms with E-state index in [1.807, 2.05) is 4.90 Å². The molecule has 1 amide bonds. The van der Waals surface area contributed by atoms with Crippen molar-refractivity contribution < 1.29 is 14.6 Å². The molecule has 3 aliphatic heterocycles. The van der Waals surface area contributed by atoms with Crippen LogP contribution in [0.1, 0.15) is 38.5 Å². The average Bonchev–Trinajstić information content (AvgIpc) is 2.82. The molecule has 0 spiro atoms. The minimum Gasteiger partial charge on any atom is -0.396 e. The summed E-state index contributed by atoms with van der Waals surface area (Å²) in [6.45, 7) is 6.61. The average molecular weight is 324 g/mol. The highest BCUT2D eigenvalue weighted by atomic mass is 16.5. The Balaban J connectivity index is 1.55. The summed E-state index contributed by atoms with van der Waals surface area (Å²) in [6.07, 6.45) is 6.99. The lowest BCUT2D eigenvalue weighted by Gasteiger charge is -2.27. The van der Waals surface area contributed by atoms with Crippen LogP contribution in [0, 0.1) is 17.8 Å². The first-order chi connectivity index (χ1) is 11.3. The third kappa shape index (κ3) is 4.46. The standard InChI is InChI=1S/C18H32N2O3/c21-14-17-13-20(18(22)15-5-9-23-10-6-15)12-16(17)11-19-7-3-1-2-4-8-19/h15-17,21H,1-14H2/t16-,17-/m1/s1. The molecule has 2 atom stereocenters. The molecule has 0 aromatic rings. The van der Waals surface area contributed by atoms with E-state index in [1.54, 1.807) is 0 Å². The van der Waals surface area contributed by atoms with Gasteiger partial charge in [-0.1, -0.05) is 12.8 Å². The number of rotatable bonds is 4. The van der Waals surface area contributed by atoms with Crippen molar-refractivity contribution in [2.24, 2.45) is 17.8 Å². The van der Waals surface area contributed by atoms with Crippen molar-refractivity contribution in [3.05, 3.63) is 0 Å². The molecule has 0 bridgehead atoms. The summed E-state index contributed by atoms with van der Waals surface area (Å²) < 4.78 is 5.37. The molecule has 0 aromatic carbocycles. The molecule has 3 fully saturated rings. The first-order valence-electron chi connectivity index (χ1n) is 9.47. The lowest BCUT2D eigenvalue weighted by molar-refractivity contribution is -0.137. The molecule has 0 unspecified atom stereocenters. The predicted molar refractivity (Wildman–Crippen MR) is 89.1 cm³/mol. The SMILES string of the molecule is O=C(C1CCOCC1)N1C[C@@H](CN2CCCCCC2)[C@@H](CO)C1. The zero-order valence-electron chi connectivity index (χ0n) is 14.3. The van der Waals surface area contributed by atoms with Gasteiger partial charge in [-0.25, -0.2) is 0 Å². The van der Waals surface area contributed by atoms with E-state index in [0.29, 0.717) is 25.0 Å². The molecule has 132 valence electrons. The number of carbonyl (C=O) groups is 1. The maximum atomic E-state index is 12.7. The van der Waals surface area contributed by atoms with Crippen LogP contribution in [-0.4, -0.2) is 73.4 Å². The second-order valence-corrected chi connectivity index (χ2v) is 7.55. The van der Waals surface area contributed by atoms with E-state index in [0.717, 1.165) is 32.5 Å². The second kappa shape index (κ2) is 8.45. The normalized spacial score (nSPS) is 31.3. The van der Waals surface area contributed by atoms with Gasteiger partial charge < -0.3 is 19.6 Å². The van der Waals surface area contributed by atoms with Crippen molar-refractivity contribution in [1.82, 2.24) is 9.80 Å². The van der Waals surface area contributed by atoms with Crippen LogP contribution >= 0.6 is 0 Å². The molecule has 3 rings (SSSR count). The second-order valence-electron chi connectivity index (χ2n) is 7.55. The summed E-state index contributed by atoms with van der Waals surface area (Å²) in [4.78, 5) is 17.3. The fourth-order valence-corrected chi connectivity index (χ4v) is 4.39. The van der Waals surface area contributed by atoms with Crippen molar-refractivity contribution in [1.29, 1.82) is 0 Å². The van der Waals surface area contributed by atoms with E-state index in [1.165, 1.54) is 38.8 Å². The molecule has 23 heavy (non-hydrogen) atoms. The number of aliphatic hydroxyl groups is 1.